The van der Waals surface area contributed by atoms with E-state index >= 15 is 0 Å². The molecule has 20 heavy (non-hydrogen) atoms. The first-order valence-electron chi connectivity index (χ1n) is 6.66. The largest absolute Gasteiger partial charge is 0.466 e. The first kappa shape index (κ1) is 16.7. The second kappa shape index (κ2) is 7.40. The fourth-order valence-electron chi connectivity index (χ4n) is 1.75. The standard InChI is InChI=1S/C14H21NO4S/c1-4-12-6-8-13(9-7-12)20(17,18)15-11(3)10-14(16)19-5-2/h6-9,11,15H,4-5,10H2,1-3H3. The summed E-state index contributed by atoms with van der Waals surface area (Å²) in [6, 6.07) is 6.19. The molecule has 6 heteroatoms. The van der Waals surface area contributed by atoms with Gasteiger partial charge in [0, 0.05) is 6.04 Å². The Balaban J connectivity index is 2.71. The Kier molecular flexibility index (Phi) is 6.16. The van der Waals surface area contributed by atoms with Gasteiger partial charge in [-0.05, 0) is 38.0 Å². The number of carbonyl (C=O) groups is 1. The van der Waals surface area contributed by atoms with Crippen molar-refractivity contribution >= 4 is 16.0 Å². The molecule has 0 aliphatic heterocycles. The van der Waals surface area contributed by atoms with Crippen LogP contribution in [0.3, 0.4) is 0 Å². The van der Waals surface area contributed by atoms with Crippen LogP contribution in [0.5, 0.6) is 0 Å². The van der Waals surface area contributed by atoms with E-state index in [1.165, 1.54) is 0 Å². The summed E-state index contributed by atoms with van der Waals surface area (Å²) in [5.41, 5.74) is 1.07. The minimum atomic E-state index is -3.60. The molecule has 1 aromatic rings. The zero-order valence-corrected chi connectivity index (χ0v) is 12.9. The number of hydrogen-bond acceptors (Lipinski definition) is 4. The monoisotopic (exact) mass is 299 g/mol. The minimum Gasteiger partial charge on any atom is -0.466 e. The quantitative estimate of drug-likeness (QED) is 0.780. The highest BCUT2D eigenvalue weighted by molar-refractivity contribution is 7.89. The zero-order valence-electron chi connectivity index (χ0n) is 12.0. The Morgan fingerprint density at radius 1 is 1.25 bits per heavy atom. The fourth-order valence-corrected chi connectivity index (χ4v) is 2.99. The van der Waals surface area contributed by atoms with Crippen LogP contribution in [0, 0.1) is 0 Å². The first-order valence-corrected chi connectivity index (χ1v) is 8.14. The molecule has 1 N–H and O–H groups in total. The van der Waals surface area contributed by atoms with E-state index in [-0.39, 0.29) is 17.9 Å². The molecule has 0 saturated heterocycles. The highest BCUT2D eigenvalue weighted by Gasteiger charge is 2.19. The van der Waals surface area contributed by atoms with Crippen LogP contribution in [0.15, 0.2) is 29.2 Å². The topological polar surface area (TPSA) is 72.5 Å². The maximum absolute atomic E-state index is 12.1. The predicted molar refractivity (Wildman–Crippen MR) is 76.9 cm³/mol. The summed E-state index contributed by atoms with van der Waals surface area (Å²) < 4.78 is 31.5. The van der Waals surface area contributed by atoms with Crippen molar-refractivity contribution < 1.29 is 17.9 Å². The van der Waals surface area contributed by atoms with Gasteiger partial charge in [-0.3, -0.25) is 4.79 Å². The van der Waals surface area contributed by atoms with E-state index in [1.807, 2.05) is 6.92 Å². The number of aryl methyl sites for hydroxylation is 1. The molecule has 0 aliphatic rings. The summed E-state index contributed by atoms with van der Waals surface area (Å²) in [6.45, 7) is 5.64. The lowest BCUT2D eigenvalue weighted by molar-refractivity contribution is -0.143. The summed E-state index contributed by atoms with van der Waals surface area (Å²) in [4.78, 5) is 11.5. The zero-order chi connectivity index (χ0) is 15.2. The van der Waals surface area contributed by atoms with Gasteiger partial charge < -0.3 is 4.74 Å². The molecule has 1 unspecified atom stereocenters. The van der Waals surface area contributed by atoms with E-state index in [0.29, 0.717) is 0 Å². The van der Waals surface area contributed by atoms with E-state index in [0.717, 1.165) is 12.0 Å². The van der Waals surface area contributed by atoms with Gasteiger partial charge in [0.15, 0.2) is 0 Å². The number of esters is 1. The SMILES string of the molecule is CCOC(=O)CC(C)NS(=O)(=O)c1ccc(CC)cc1. The van der Waals surface area contributed by atoms with Crippen LogP contribution in [0.2, 0.25) is 0 Å². The van der Waals surface area contributed by atoms with Gasteiger partial charge in [0.05, 0.1) is 17.9 Å². The highest BCUT2D eigenvalue weighted by Crippen LogP contribution is 2.12. The number of ether oxygens (including phenoxy) is 1. The molecule has 0 radical (unpaired) electrons. The third kappa shape index (κ3) is 4.94. The summed E-state index contributed by atoms with van der Waals surface area (Å²) in [6.07, 6.45) is 0.868. The first-order chi connectivity index (χ1) is 9.39. The third-order valence-corrected chi connectivity index (χ3v) is 4.38. The lowest BCUT2D eigenvalue weighted by Crippen LogP contribution is -2.34. The summed E-state index contributed by atoms with van der Waals surface area (Å²) in [5, 5.41) is 0. The van der Waals surface area contributed by atoms with Gasteiger partial charge in [-0.2, -0.15) is 0 Å². The average molecular weight is 299 g/mol. The number of nitrogens with one attached hydrogen (secondary N) is 1. The van der Waals surface area contributed by atoms with Crippen LogP contribution in [-0.4, -0.2) is 27.0 Å². The normalized spacial score (nSPS) is 12.9. The number of hydrogen-bond donors (Lipinski definition) is 1. The van der Waals surface area contributed by atoms with Gasteiger partial charge >= 0.3 is 5.97 Å². The van der Waals surface area contributed by atoms with E-state index in [9.17, 15) is 13.2 Å². The fraction of sp³-hybridized carbons (Fsp3) is 0.500. The van der Waals surface area contributed by atoms with Gasteiger partial charge in [0.1, 0.15) is 0 Å². The maximum atomic E-state index is 12.1. The van der Waals surface area contributed by atoms with Crippen molar-refractivity contribution in [2.24, 2.45) is 0 Å². The molecule has 1 rings (SSSR count). The Hall–Kier alpha value is -1.40. The van der Waals surface area contributed by atoms with Crippen LogP contribution in [0.25, 0.3) is 0 Å². The smallest absolute Gasteiger partial charge is 0.307 e. The molecule has 0 aromatic heterocycles. The van der Waals surface area contributed by atoms with E-state index in [4.69, 9.17) is 4.74 Å². The Morgan fingerprint density at radius 2 is 1.85 bits per heavy atom. The molecule has 1 aromatic carbocycles. The van der Waals surface area contributed by atoms with Gasteiger partial charge in [-0.1, -0.05) is 19.1 Å². The van der Waals surface area contributed by atoms with Crippen LogP contribution in [-0.2, 0) is 26.0 Å². The van der Waals surface area contributed by atoms with Crippen LogP contribution in [0.1, 0.15) is 32.8 Å². The lowest BCUT2D eigenvalue weighted by Gasteiger charge is -2.13. The van der Waals surface area contributed by atoms with Gasteiger partial charge in [0.2, 0.25) is 10.0 Å². The van der Waals surface area contributed by atoms with Crippen molar-refractivity contribution in [2.45, 2.75) is 44.6 Å². The third-order valence-electron chi connectivity index (χ3n) is 2.78. The highest BCUT2D eigenvalue weighted by atomic mass is 32.2. The van der Waals surface area contributed by atoms with Crippen molar-refractivity contribution in [1.82, 2.24) is 4.72 Å². The Bertz CT molecular complexity index is 537. The van der Waals surface area contributed by atoms with Crippen molar-refractivity contribution in [3.05, 3.63) is 29.8 Å². The molecule has 0 bridgehead atoms. The average Bonchev–Trinajstić information content (AvgIpc) is 2.38. The van der Waals surface area contributed by atoms with Crippen LogP contribution >= 0.6 is 0 Å². The lowest BCUT2D eigenvalue weighted by atomic mass is 10.2. The molecule has 0 amide bonds. The second-order valence-corrected chi connectivity index (χ2v) is 6.24. The number of sulfonamides is 1. The number of rotatable bonds is 7. The Morgan fingerprint density at radius 3 is 2.35 bits per heavy atom. The van der Waals surface area contributed by atoms with Crippen molar-refractivity contribution in [2.75, 3.05) is 6.61 Å². The molecule has 0 saturated carbocycles. The minimum absolute atomic E-state index is 0.0140. The van der Waals surface area contributed by atoms with Gasteiger partial charge in [0.25, 0.3) is 0 Å². The summed E-state index contributed by atoms with van der Waals surface area (Å²) >= 11 is 0. The van der Waals surface area contributed by atoms with E-state index < -0.39 is 22.0 Å². The van der Waals surface area contributed by atoms with Crippen molar-refractivity contribution in [3.63, 3.8) is 0 Å². The maximum Gasteiger partial charge on any atom is 0.307 e. The van der Waals surface area contributed by atoms with Crippen molar-refractivity contribution in [1.29, 1.82) is 0 Å². The van der Waals surface area contributed by atoms with E-state index in [1.54, 1.807) is 38.1 Å². The molecule has 1 atom stereocenters. The molecule has 0 fully saturated rings. The molecular formula is C14H21NO4S. The van der Waals surface area contributed by atoms with Crippen LogP contribution < -0.4 is 4.72 Å². The van der Waals surface area contributed by atoms with E-state index in [2.05, 4.69) is 4.72 Å². The predicted octanol–water partition coefficient (Wildman–Crippen LogP) is 1.87. The van der Waals surface area contributed by atoms with Crippen LogP contribution in [0.4, 0.5) is 0 Å². The molecule has 5 nitrogen and oxygen atoms in total. The molecular weight excluding hydrogens is 278 g/mol. The Labute approximate surface area is 120 Å². The number of carbonyl (C=O) groups excluding carboxylic acids is 1. The summed E-state index contributed by atoms with van der Waals surface area (Å²) in [5.74, 6) is -0.413. The van der Waals surface area contributed by atoms with Crippen molar-refractivity contribution in [3.8, 4) is 0 Å². The molecule has 0 spiro atoms. The second-order valence-electron chi connectivity index (χ2n) is 4.53. The van der Waals surface area contributed by atoms with Gasteiger partial charge in [-0.15, -0.1) is 0 Å². The van der Waals surface area contributed by atoms with Gasteiger partial charge in [-0.25, -0.2) is 13.1 Å². The molecule has 0 heterocycles. The summed E-state index contributed by atoms with van der Waals surface area (Å²) in [7, 11) is -3.60. The molecule has 112 valence electrons. The number of benzene rings is 1. The molecule has 0 aliphatic carbocycles.